The van der Waals surface area contributed by atoms with Crippen LogP contribution < -0.4 is 11.3 Å². The van der Waals surface area contributed by atoms with Gasteiger partial charge in [-0.05, 0) is 24.1 Å². The Kier molecular flexibility index (Phi) is 2.74. The summed E-state index contributed by atoms with van der Waals surface area (Å²) in [5.74, 6) is 5.29. The Balaban J connectivity index is 3.13. The van der Waals surface area contributed by atoms with Gasteiger partial charge in [-0.3, -0.25) is 5.84 Å². The molecule has 0 fully saturated rings. The standard InChI is InChI=1S/C8H11ClN2/c1-2-6-7(9)4-3-5-8(6)11-10/h3-5,11H,2,10H2,1H3. The lowest BCUT2D eigenvalue weighted by molar-refractivity contribution is 1.13. The fraction of sp³-hybridized carbons (Fsp3) is 0.250. The Morgan fingerprint density at radius 1 is 1.55 bits per heavy atom. The molecule has 0 unspecified atom stereocenters. The number of hydrazine groups is 1. The van der Waals surface area contributed by atoms with Gasteiger partial charge in [0.25, 0.3) is 0 Å². The number of nitrogens with one attached hydrogen (secondary N) is 1. The minimum absolute atomic E-state index is 0.767. The van der Waals surface area contributed by atoms with Crippen molar-refractivity contribution in [3.63, 3.8) is 0 Å². The predicted octanol–water partition coefficient (Wildman–Crippen LogP) is 2.19. The average molecular weight is 171 g/mol. The summed E-state index contributed by atoms with van der Waals surface area (Å²) in [4.78, 5) is 0. The van der Waals surface area contributed by atoms with Gasteiger partial charge in [-0.25, -0.2) is 0 Å². The third-order valence-electron chi connectivity index (χ3n) is 1.63. The highest BCUT2D eigenvalue weighted by Crippen LogP contribution is 2.23. The number of halogens is 1. The van der Waals surface area contributed by atoms with Gasteiger partial charge in [0.15, 0.2) is 0 Å². The van der Waals surface area contributed by atoms with E-state index >= 15 is 0 Å². The van der Waals surface area contributed by atoms with Crippen LogP contribution in [0.4, 0.5) is 5.69 Å². The second-order valence-electron chi connectivity index (χ2n) is 2.26. The fourth-order valence-corrected chi connectivity index (χ4v) is 1.36. The van der Waals surface area contributed by atoms with E-state index in [2.05, 4.69) is 5.43 Å². The Morgan fingerprint density at radius 2 is 2.27 bits per heavy atom. The van der Waals surface area contributed by atoms with E-state index in [1.165, 1.54) is 0 Å². The molecule has 1 aromatic carbocycles. The highest BCUT2D eigenvalue weighted by molar-refractivity contribution is 6.31. The third-order valence-corrected chi connectivity index (χ3v) is 1.98. The van der Waals surface area contributed by atoms with E-state index in [0.29, 0.717) is 0 Å². The Morgan fingerprint density at radius 3 is 2.73 bits per heavy atom. The van der Waals surface area contributed by atoms with Gasteiger partial charge in [0, 0.05) is 5.02 Å². The van der Waals surface area contributed by atoms with E-state index in [9.17, 15) is 0 Å². The summed E-state index contributed by atoms with van der Waals surface area (Å²) in [6, 6.07) is 5.64. The molecule has 1 aromatic rings. The normalized spacial score (nSPS) is 9.73. The molecule has 0 aliphatic carbocycles. The zero-order valence-corrected chi connectivity index (χ0v) is 7.15. The van der Waals surface area contributed by atoms with Crippen molar-refractivity contribution in [1.29, 1.82) is 0 Å². The van der Waals surface area contributed by atoms with Gasteiger partial charge >= 0.3 is 0 Å². The largest absolute Gasteiger partial charge is 0.324 e. The van der Waals surface area contributed by atoms with Gasteiger partial charge in [0.05, 0.1) is 5.69 Å². The topological polar surface area (TPSA) is 38.0 Å². The lowest BCUT2D eigenvalue weighted by Crippen LogP contribution is -2.08. The van der Waals surface area contributed by atoms with Gasteiger partial charge in [0.1, 0.15) is 0 Å². The van der Waals surface area contributed by atoms with Crippen LogP contribution >= 0.6 is 11.6 Å². The highest BCUT2D eigenvalue weighted by atomic mass is 35.5. The molecule has 0 saturated heterocycles. The van der Waals surface area contributed by atoms with Crippen molar-refractivity contribution in [1.82, 2.24) is 0 Å². The summed E-state index contributed by atoms with van der Waals surface area (Å²) < 4.78 is 0. The summed E-state index contributed by atoms with van der Waals surface area (Å²) in [5.41, 5.74) is 4.57. The smallest absolute Gasteiger partial charge is 0.0531 e. The van der Waals surface area contributed by atoms with Crippen LogP contribution in [0.1, 0.15) is 12.5 Å². The lowest BCUT2D eigenvalue weighted by Gasteiger charge is -2.07. The fourth-order valence-electron chi connectivity index (χ4n) is 1.05. The number of hydrogen-bond donors (Lipinski definition) is 2. The van der Waals surface area contributed by atoms with E-state index in [1.54, 1.807) is 0 Å². The number of nitrogens with two attached hydrogens (primary N) is 1. The van der Waals surface area contributed by atoms with Crippen LogP contribution in [0.3, 0.4) is 0 Å². The molecule has 0 saturated carbocycles. The molecule has 0 aromatic heterocycles. The first-order chi connectivity index (χ1) is 5.29. The number of anilines is 1. The second kappa shape index (κ2) is 3.60. The first-order valence-corrected chi connectivity index (χ1v) is 3.91. The maximum Gasteiger partial charge on any atom is 0.0531 e. The highest BCUT2D eigenvalue weighted by Gasteiger charge is 2.01. The van der Waals surface area contributed by atoms with Gasteiger partial charge in [-0.1, -0.05) is 24.6 Å². The summed E-state index contributed by atoms with van der Waals surface area (Å²) >= 11 is 5.91. The molecular formula is C8H11ClN2. The molecule has 0 heterocycles. The van der Waals surface area contributed by atoms with Crippen LogP contribution in [-0.2, 0) is 6.42 Å². The average Bonchev–Trinajstić information content (AvgIpc) is 2.04. The Labute approximate surface area is 71.3 Å². The quantitative estimate of drug-likeness (QED) is 0.528. The van der Waals surface area contributed by atoms with Crippen molar-refractivity contribution in [2.75, 3.05) is 5.43 Å². The summed E-state index contributed by atoms with van der Waals surface area (Å²) in [6.45, 7) is 2.04. The van der Waals surface area contributed by atoms with E-state index in [1.807, 2.05) is 25.1 Å². The molecule has 60 valence electrons. The van der Waals surface area contributed by atoms with Crippen LogP contribution in [0, 0.1) is 0 Å². The maximum atomic E-state index is 5.91. The zero-order chi connectivity index (χ0) is 8.27. The van der Waals surface area contributed by atoms with Crippen LogP contribution in [0.2, 0.25) is 5.02 Å². The predicted molar refractivity (Wildman–Crippen MR) is 48.6 cm³/mol. The Hall–Kier alpha value is -0.730. The molecule has 1 rings (SSSR count). The first-order valence-electron chi connectivity index (χ1n) is 3.53. The van der Waals surface area contributed by atoms with Crippen molar-refractivity contribution in [2.24, 2.45) is 5.84 Å². The Bertz CT molecular complexity index is 248. The summed E-state index contributed by atoms with van der Waals surface area (Å²) in [7, 11) is 0. The number of nitrogen functional groups attached to an aromatic ring is 1. The molecule has 0 amide bonds. The maximum absolute atomic E-state index is 5.91. The molecular weight excluding hydrogens is 160 g/mol. The van der Waals surface area contributed by atoms with Crippen molar-refractivity contribution in [3.05, 3.63) is 28.8 Å². The van der Waals surface area contributed by atoms with Gasteiger partial charge in [0.2, 0.25) is 0 Å². The van der Waals surface area contributed by atoms with E-state index in [-0.39, 0.29) is 0 Å². The van der Waals surface area contributed by atoms with Crippen molar-refractivity contribution < 1.29 is 0 Å². The van der Waals surface area contributed by atoms with E-state index < -0.39 is 0 Å². The van der Waals surface area contributed by atoms with E-state index in [4.69, 9.17) is 17.4 Å². The molecule has 0 aliphatic heterocycles. The van der Waals surface area contributed by atoms with Crippen LogP contribution in [-0.4, -0.2) is 0 Å². The van der Waals surface area contributed by atoms with Gasteiger partial charge < -0.3 is 5.43 Å². The molecule has 0 atom stereocenters. The molecule has 3 N–H and O–H groups in total. The van der Waals surface area contributed by atoms with Crippen LogP contribution in [0.5, 0.6) is 0 Å². The molecule has 2 nitrogen and oxygen atoms in total. The van der Waals surface area contributed by atoms with Gasteiger partial charge in [-0.2, -0.15) is 0 Å². The molecule has 0 bridgehead atoms. The van der Waals surface area contributed by atoms with Crippen LogP contribution in [0.15, 0.2) is 18.2 Å². The minimum Gasteiger partial charge on any atom is -0.324 e. The summed E-state index contributed by atoms with van der Waals surface area (Å²) in [5, 5.41) is 0.767. The monoisotopic (exact) mass is 170 g/mol. The molecule has 0 spiro atoms. The summed E-state index contributed by atoms with van der Waals surface area (Å²) in [6.07, 6.45) is 0.888. The van der Waals surface area contributed by atoms with Gasteiger partial charge in [-0.15, -0.1) is 0 Å². The first kappa shape index (κ1) is 8.37. The number of hydrogen-bond acceptors (Lipinski definition) is 2. The minimum atomic E-state index is 0.767. The molecule has 0 radical (unpaired) electrons. The van der Waals surface area contributed by atoms with E-state index in [0.717, 1.165) is 22.7 Å². The third kappa shape index (κ3) is 1.64. The van der Waals surface area contributed by atoms with Crippen molar-refractivity contribution >= 4 is 17.3 Å². The molecule has 3 heteroatoms. The second-order valence-corrected chi connectivity index (χ2v) is 2.67. The number of rotatable bonds is 2. The van der Waals surface area contributed by atoms with Crippen molar-refractivity contribution in [3.8, 4) is 0 Å². The molecule has 11 heavy (non-hydrogen) atoms. The lowest BCUT2D eigenvalue weighted by atomic mass is 10.1. The zero-order valence-electron chi connectivity index (χ0n) is 6.39. The SMILES string of the molecule is CCc1c(Cl)cccc1NN. The van der Waals surface area contributed by atoms with Crippen LogP contribution in [0.25, 0.3) is 0 Å². The molecule has 0 aliphatic rings. The number of benzene rings is 1. The van der Waals surface area contributed by atoms with Crippen molar-refractivity contribution in [2.45, 2.75) is 13.3 Å².